The number of hydrogen-bond donors (Lipinski definition) is 3. The summed E-state index contributed by atoms with van der Waals surface area (Å²) in [6.45, 7) is 1.98. The number of sulfonamides is 1. The molecule has 0 radical (unpaired) electrons. The van der Waals surface area contributed by atoms with Gasteiger partial charge in [-0.05, 0) is 12.3 Å². The molecule has 1 aromatic rings. The van der Waals surface area contributed by atoms with Crippen LogP contribution in [-0.4, -0.2) is 35.7 Å². The summed E-state index contributed by atoms with van der Waals surface area (Å²) in [4.78, 5) is 10.8. The van der Waals surface area contributed by atoms with Crippen LogP contribution in [0.5, 0.6) is 0 Å². The van der Waals surface area contributed by atoms with Crippen LogP contribution in [0.1, 0.15) is 30.1 Å². The Morgan fingerprint density at radius 1 is 1.71 bits per heavy atom. The Morgan fingerprint density at radius 2 is 2.41 bits per heavy atom. The van der Waals surface area contributed by atoms with E-state index < -0.39 is 16.0 Å². The summed E-state index contributed by atoms with van der Waals surface area (Å²) in [5.41, 5.74) is -0.341. The Kier molecular flexibility index (Phi) is 2.92. The first-order valence-corrected chi connectivity index (χ1v) is 6.73. The Morgan fingerprint density at radius 3 is 2.94 bits per heavy atom. The van der Waals surface area contributed by atoms with Gasteiger partial charge in [-0.15, -0.1) is 0 Å². The van der Waals surface area contributed by atoms with Crippen LogP contribution >= 0.6 is 0 Å². The molecule has 1 aliphatic rings. The molecular formula is C9H13N3O4S. The van der Waals surface area contributed by atoms with E-state index in [9.17, 15) is 13.2 Å². The zero-order valence-corrected chi connectivity index (χ0v) is 9.99. The van der Waals surface area contributed by atoms with Crippen LogP contribution < -0.4 is 4.72 Å². The lowest BCUT2D eigenvalue weighted by Crippen LogP contribution is -2.28. The van der Waals surface area contributed by atoms with Crippen LogP contribution in [0.25, 0.3) is 0 Å². The molecule has 3 N–H and O–H groups in total. The van der Waals surface area contributed by atoms with Gasteiger partial charge in [0.2, 0.25) is 0 Å². The van der Waals surface area contributed by atoms with Crippen LogP contribution in [0.3, 0.4) is 0 Å². The maximum absolute atomic E-state index is 11.9. The average Bonchev–Trinajstić information content (AvgIpc) is 2.80. The van der Waals surface area contributed by atoms with E-state index in [1.807, 2.05) is 6.92 Å². The van der Waals surface area contributed by atoms with E-state index in [4.69, 9.17) is 5.11 Å². The van der Waals surface area contributed by atoms with Gasteiger partial charge in [-0.25, -0.2) is 17.9 Å². The Balaban J connectivity index is 2.20. The zero-order valence-electron chi connectivity index (χ0n) is 9.17. The number of nitrogens with one attached hydrogen (secondary N) is 2. The first-order chi connectivity index (χ1) is 7.95. The number of aromatic carboxylic acids is 1. The van der Waals surface area contributed by atoms with Crippen molar-refractivity contribution >= 4 is 16.0 Å². The van der Waals surface area contributed by atoms with Crippen molar-refractivity contribution in [3.05, 3.63) is 11.8 Å². The minimum Gasteiger partial charge on any atom is -0.478 e. The van der Waals surface area contributed by atoms with E-state index in [1.165, 1.54) is 0 Å². The van der Waals surface area contributed by atoms with Crippen LogP contribution in [0.2, 0.25) is 0 Å². The van der Waals surface area contributed by atoms with Gasteiger partial charge in [-0.2, -0.15) is 5.10 Å². The van der Waals surface area contributed by atoms with Gasteiger partial charge in [-0.3, -0.25) is 5.10 Å². The largest absolute Gasteiger partial charge is 0.478 e. The number of H-pyrrole nitrogens is 1. The normalized spacial score (nSPS) is 23.6. The first-order valence-electron chi connectivity index (χ1n) is 5.24. The fourth-order valence-electron chi connectivity index (χ4n) is 1.73. The molecule has 0 spiro atoms. The van der Waals surface area contributed by atoms with Crippen molar-refractivity contribution in [3.8, 4) is 0 Å². The van der Waals surface area contributed by atoms with Crippen LogP contribution in [0.15, 0.2) is 11.2 Å². The van der Waals surface area contributed by atoms with Crippen LogP contribution in [0.4, 0.5) is 0 Å². The van der Waals surface area contributed by atoms with Crippen LogP contribution in [-0.2, 0) is 10.0 Å². The summed E-state index contributed by atoms with van der Waals surface area (Å²) in [6.07, 6.45) is 2.69. The van der Waals surface area contributed by atoms with Crippen molar-refractivity contribution in [1.82, 2.24) is 14.9 Å². The molecule has 2 atom stereocenters. The third-order valence-corrected chi connectivity index (χ3v) is 4.32. The molecule has 1 aromatic heterocycles. The van der Waals surface area contributed by atoms with Gasteiger partial charge in [0.1, 0.15) is 5.56 Å². The van der Waals surface area contributed by atoms with Crippen molar-refractivity contribution in [3.63, 3.8) is 0 Å². The number of aromatic nitrogens is 2. The van der Waals surface area contributed by atoms with Crippen molar-refractivity contribution in [2.75, 3.05) is 0 Å². The Labute approximate surface area is 98.3 Å². The van der Waals surface area contributed by atoms with Gasteiger partial charge in [0.05, 0.1) is 6.20 Å². The highest BCUT2D eigenvalue weighted by molar-refractivity contribution is 7.89. The molecule has 1 fully saturated rings. The molecule has 0 bridgehead atoms. The Hall–Kier alpha value is -1.41. The van der Waals surface area contributed by atoms with Crippen molar-refractivity contribution in [1.29, 1.82) is 0 Å². The average molecular weight is 259 g/mol. The Bertz CT molecular complexity index is 536. The smallest absolute Gasteiger partial charge is 0.340 e. The molecule has 0 aliphatic heterocycles. The van der Waals surface area contributed by atoms with Crippen molar-refractivity contribution < 1.29 is 18.3 Å². The third kappa shape index (κ3) is 2.32. The third-order valence-electron chi connectivity index (χ3n) is 2.86. The molecule has 0 saturated heterocycles. The molecule has 2 unspecified atom stereocenters. The van der Waals surface area contributed by atoms with Gasteiger partial charge in [0.15, 0.2) is 5.03 Å². The summed E-state index contributed by atoms with van der Waals surface area (Å²) in [6, 6.07) is -0.0880. The lowest BCUT2D eigenvalue weighted by atomic mass is 10.3. The van der Waals surface area contributed by atoms with Gasteiger partial charge in [0.25, 0.3) is 10.0 Å². The zero-order chi connectivity index (χ0) is 12.6. The second-order valence-corrected chi connectivity index (χ2v) is 5.70. The van der Waals surface area contributed by atoms with E-state index in [2.05, 4.69) is 14.9 Å². The highest BCUT2D eigenvalue weighted by Crippen LogP contribution is 2.34. The minimum absolute atomic E-state index is 0.0880. The summed E-state index contributed by atoms with van der Waals surface area (Å²) >= 11 is 0. The van der Waals surface area contributed by atoms with E-state index in [-0.39, 0.29) is 16.6 Å². The molecular weight excluding hydrogens is 246 g/mol. The van der Waals surface area contributed by atoms with Gasteiger partial charge in [-0.1, -0.05) is 13.3 Å². The van der Waals surface area contributed by atoms with Gasteiger partial charge >= 0.3 is 5.97 Å². The molecule has 2 rings (SSSR count). The number of carboxylic acids is 1. The molecule has 0 aromatic carbocycles. The lowest BCUT2D eigenvalue weighted by Gasteiger charge is -2.04. The minimum atomic E-state index is -3.82. The fraction of sp³-hybridized carbons (Fsp3) is 0.556. The molecule has 1 heterocycles. The molecule has 0 amide bonds. The summed E-state index contributed by atoms with van der Waals surface area (Å²) in [5, 5.41) is 14.1. The van der Waals surface area contributed by atoms with Crippen molar-refractivity contribution in [2.24, 2.45) is 5.92 Å². The highest BCUT2D eigenvalue weighted by atomic mass is 32.2. The molecule has 7 nitrogen and oxygen atoms in total. The van der Waals surface area contributed by atoms with E-state index in [1.54, 1.807) is 0 Å². The number of carboxylic acid groups (broad SMARTS) is 1. The van der Waals surface area contributed by atoms with Gasteiger partial charge in [0, 0.05) is 6.04 Å². The maximum Gasteiger partial charge on any atom is 0.340 e. The first kappa shape index (κ1) is 12.1. The monoisotopic (exact) mass is 259 g/mol. The van der Waals surface area contributed by atoms with E-state index in [0.717, 1.165) is 19.0 Å². The number of rotatable bonds is 5. The number of carbonyl (C=O) groups is 1. The maximum atomic E-state index is 11.9. The predicted octanol–water partition coefficient (Wildman–Crippen LogP) is 0.185. The molecule has 1 saturated carbocycles. The lowest BCUT2D eigenvalue weighted by molar-refractivity contribution is 0.0692. The molecule has 1 aliphatic carbocycles. The SMILES string of the molecule is CCC1CC1NS(=O)(=O)c1[nH]ncc1C(=O)O. The number of nitrogens with zero attached hydrogens (tertiary/aromatic N) is 1. The second kappa shape index (κ2) is 4.11. The van der Waals surface area contributed by atoms with Gasteiger partial charge < -0.3 is 5.11 Å². The second-order valence-electron chi connectivity index (χ2n) is 4.05. The predicted molar refractivity (Wildman–Crippen MR) is 58.1 cm³/mol. The fourth-order valence-corrected chi connectivity index (χ4v) is 3.14. The summed E-state index contributed by atoms with van der Waals surface area (Å²) in [5.74, 6) is -0.970. The molecule has 8 heteroatoms. The standard InChI is InChI=1S/C9H13N3O4S/c1-2-5-3-7(5)12-17(15,16)8-6(9(13)14)4-10-11-8/h4-5,7,12H,2-3H2,1H3,(H,10,11)(H,13,14). The summed E-state index contributed by atoms with van der Waals surface area (Å²) in [7, 11) is -3.82. The molecule has 94 valence electrons. The summed E-state index contributed by atoms with van der Waals surface area (Å²) < 4.78 is 26.2. The quantitative estimate of drug-likeness (QED) is 0.698. The van der Waals surface area contributed by atoms with Crippen LogP contribution in [0, 0.1) is 5.92 Å². The number of aromatic amines is 1. The van der Waals surface area contributed by atoms with Crippen molar-refractivity contribution in [2.45, 2.75) is 30.8 Å². The number of hydrogen-bond acceptors (Lipinski definition) is 4. The highest BCUT2D eigenvalue weighted by Gasteiger charge is 2.40. The van der Waals surface area contributed by atoms with E-state index in [0.29, 0.717) is 5.92 Å². The van der Waals surface area contributed by atoms with E-state index >= 15 is 0 Å². The topological polar surface area (TPSA) is 112 Å². The molecule has 17 heavy (non-hydrogen) atoms.